The number of hydrogen-bond acceptors (Lipinski definition) is 5. The summed E-state index contributed by atoms with van der Waals surface area (Å²) in [7, 11) is 1.48. The van der Waals surface area contributed by atoms with Crippen LogP contribution in [-0.2, 0) is 9.53 Å². The zero-order chi connectivity index (χ0) is 14.4. The summed E-state index contributed by atoms with van der Waals surface area (Å²) >= 11 is 1.37. The van der Waals surface area contributed by atoms with Gasteiger partial charge in [-0.05, 0) is 19.1 Å². The topological polar surface area (TPSA) is 60.5 Å². The van der Waals surface area contributed by atoms with E-state index in [9.17, 15) is 4.79 Å². The van der Waals surface area contributed by atoms with E-state index in [0.717, 1.165) is 17.0 Å². The van der Waals surface area contributed by atoms with Gasteiger partial charge in [0.1, 0.15) is 12.4 Å². The van der Waals surface area contributed by atoms with E-state index >= 15 is 0 Å². The number of anilines is 1. The van der Waals surface area contributed by atoms with Gasteiger partial charge in [0.05, 0.1) is 12.3 Å². The normalized spacial score (nSPS) is 10.3. The van der Waals surface area contributed by atoms with Gasteiger partial charge in [-0.25, -0.2) is 4.98 Å². The summed E-state index contributed by atoms with van der Waals surface area (Å²) in [5.41, 5.74) is 1.70. The number of para-hydroxylation sites is 1. The summed E-state index contributed by atoms with van der Waals surface area (Å²) in [6.45, 7) is 2.55. The molecule has 1 N–H and O–H groups in total. The fourth-order valence-corrected chi connectivity index (χ4v) is 2.43. The predicted molar refractivity (Wildman–Crippen MR) is 79.2 cm³/mol. The van der Waals surface area contributed by atoms with Crippen molar-refractivity contribution in [2.75, 3.05) is 25.6 Å². The maximum absolute atomic E-state index is 11.4. The minimum absolute atomic E-state index is 0.0183. The Morgan fingerprint density at radius 1 is 1.40 bits per heavy atom. The minimum Gasteiger partial charge on any atom is -0.493 e. The number of carbonyl (C=O) groups is 1. The molecule has 0 saturated carbocycles. The van der Waals surface area contributed by atoms with E-state index in [2.05, 4.69) is 10.3 Å². The van der Waals surface area contributed by atoms with Crippen LogP contribution < -0.4 is 10.1 Å². The van der Waals surface area contributed by atoms with E-state index in [1.54, 1.807) is 0 Å². The molecule has 0 aliphatic rings. The number of rotatable bonds is 6. The Morgan fingerprint density at radius 2 is 2.20 bits per heavy atom. The van der Waals surface area contributed by atoms with Crippen molar-refractivity contribution < 1.29 is 14.3 Å². The number of nitrogens with zero attached hydrogens (tertiary/aromatic N) is 1. The second-order valence-corrected chi connectivity index (χ2v) is 4.81. The third kappa shape index (κ3) is 3.55. The first-order valence-electron chi connectivity index (χ1n) is 6.21. The standard InChI is InChI=1S/C14H16N2O3S/c1-3-19-12-7-5-4-6-10(12)11-9-20-14(15-11)16-13(17)8-18-2/h4-7,9H,3,8H2,1-2H3,(H,15,16,17). The highest BCUT2D eigenvalue weighted by atomic mass is 32.1. The Kier molecular flexibility index (Phi) is 5.09. The molecule has 20 heavy (non-hydrogen) atoms. The monoisotopic (exact) mass is 292 g/mol. The van der Waals surface area contributed by atoms with Crippen LogP contribution in [-0.4, -0.2) is 31.2 Å². The number of methoxy groups -OCH3 is 1. The Balaban J connectivity index is 2.18. The van der Waals surface area contributed by atoms with Gasteiger partial charge < -0.3 is 9.47 Å². The van der Waals surface area contributed by atoms with Crippen LogP contribution in [0, 0.1) is 0 Å². The molecule has 0 atom stereocenters. The van der Waals surface area contributed by atoms with Crippen molar-refractivity contribution >= 4 is 22.4 Å². The summed E-state index contributed by atoms with van der Waals surface area (Å²) in [4.78, 5) is 15.8. The summed E-state index contributed by atoms with van der Waals surface area (Å²) < 4.78 is 10.3. The molecule has 0 saturated heterocycles. The molecular weight excluding hydrogens is 276 g/mol. The van der Waals surface area contributed by atoms with Crippen molar-refractivity contribution in [3.63, 3.8) is 0 Å². The average molecular weight is 292 g/mol. The van der Waals surface area contributed by atoms with Crippen molar-refractivity contribution in [3.8, 4) is 17.0 Å². The maximum atomic E-state index is 11.4. The van der Waals surface area contributed by atoms with Gasteiger partial charge in [0.15, 0.2) is 5.13 Å². The number of amides is 1. The van der Waals surface area contributed by atoms with Crippen molar-refractivity contribution in [1.29, 1.82) is 0 Å². The first kappa shape index (κ1) is 14.5. The first-order chi connectivity index (χ1) is 9.74. The van der Waals surface area contributed by atoms with Crippen LogP contribution in [0.25, 0.3) is 11.3 Å². The molecule has 2 rings (SSSR count). The molecule has 0 radical (unpaired) electrons. The fraction of sp³-hybridized carbons (Fsp3) is 0.286. The lowest BCUT2D eigenvalue weighted by molar-refractivity contribution is -0.119. The second-order valence-electron chi connectivity index (χ2n) is 3.95. The van der Waals surface area contributed by atoms with E-state index in [4.69, 9.17) is 9.47 Å². The van der Waals surface area contributed by atoms with Crippen LogP contribution in [0.2, 0.25) is 0 Å². The smallest absolute Gasteiger partial charge is 0.252 e. The van der Waals surface area contributed by atoms with Crippen LogP contribution in [0.4, 0.5) is 5.13 Å². The maximum Gasteiger partial charge on any atom is 0.252 e. The van der Waals surface area contributed by atoms with Gasteiger partial charge in [-0.15, -0.1) is 11.3 Å². The Morgan fingerprint density at radius 3 is 2.95 bits per heavy atom. The molecule has 2 aromatic rings. The lowest BCUT2D eigenvalue weighted by Gasteiger charge is -2.07. The molecule has 0 fully saturated rings. The molecule has 6 heteroatoms. The van der Waals surface area contributed by atoms with E-state index < -0.39 is 0 Å². The van der Waals surface area contributed by atoms with Crippen molar-refractivity contribution in [2.45, 2.75) is 6.92 Å². The highest BCUT2D eigenvalue weighted by Crippen LogP contribution is 2.32. The lowest BCUT2D eigenvalue weighted by Crippen LogP contribution is -2.16. The fourth-order valence-electron chi connectivity index (χ4n) is 1.70. The molecule has 0 aliphatic carbocycles. The van der Waals surface area contributed by atoms with Crippen molar-refractivity contribution in [1.82, 2.24) is 4.98 Å². The zero-order valence-corrected chi connectivity index (χ0v) is 12.2. The van der Waals surface area contributed by atoms with E-state index in [1.165, 1.54) is 18.4 Å². The molecule has 1 heterocycles. The number of aromatic nitrogens is 1. The molecule has 5 nitrogen and oxygen atoms in total. The number of thiazole rings is 1. The highest BCUT2D eigenvalue weighted by Gasteiger charge is 2.11. The van der Waals surface area contributed by atoms with Crippen molar-refractivity contribution in [3.05, 3.63) is 29.6 Å². The van der Waals surface area contributed by atoms with Crippen LogP contribution in [0.3, 0.4) is 0 Å². The minimum atomic E-state index is -0.216. The molecule has 0 spiro atoms. The summed E-state index contributed by atoms with van der Waals surface area (Å²) in [5, 5.41) is 5.13. The third-order valence-electron chi connectivity index (χ3n) is 2.49. The number of nitrogens with one attached hydrogen (secondary N) is 1. The highest BCUT2D eigenvalue weighted by molar-refractivity contribution is 7.14. The van der Waals surface area contributed by atoms with E-state index in [0.29, 0.717) is 11.7 Å². The summed E-state index contributed by atoms with van der Waals surface area (Å²) in [5.74, 6) is 0.571. The van der Waals surface area contributed by atoms with Crippen molar-refractivity contribution in [2.24, 2.45) is 0 Å². The van der Waals surface area contributed by atoms with Crippen LogP contribution in [0.5, 0.6) is 5.75 Å². The lowest BCUT2D eigenvalue weighted by atomic mass is 10.1. The van der Waals surface area contributed by atoms with Gasteiger partial charge >= 0.3 is 0 Å². The van der Waals surface area contributed by atoms with Crippen LogP contribution in [0.1, 0.15) is 6.92 Å². The van der Waals surface area contributed by atoms with Gasteiger partial charge in [0.2, 0.25) is 0 Å². The Hall–Kier alpha value is -1.92. The molecule has 106 valence electrons. The van der Waals surface area contributed by atoms with E-state index in [1.807, 2.05) is 36.6 Å². The number of benzene rings is 1. The summed E-state index contributed by atoms with van der Waals surface area (Å²) in [6, 6.07) is 7.70. The molecule has 1 aromatic heterocycles. The predicted octanol–water partition coefficient (Wildman–Crippen LogP) is 2.79. The Bertz CT molecular complexity index is 583. The molecule has 0 bridgehead atoms. The van der Waals surface area contributed by atoms with E-state index in [-0.39, 0.29) is 12.5 Å². The van der Waals surface area contributed by atoms with Gasteiger partial charge in [0.25, 0.3) is 5.91 Å². The van der Waals surface area contributed by atoms with Gasteiger partial charge in [-0.2, -0.15) is 0 Å². The average Bonchev–Trinajstić information content (AvgIpc) is 2.88. The van der Waals surface area contributed by atoms with Gasteiger partial charge in [-0.1, -0.05) is 12.1 Å². The molecule has 1 amide bonds. The Labute approximate surface area is 121 Å². The second kappa shape index (κ2) is 7.02. The molecule has 0 unspecified atom stereocenters. The largest absolute Gasteiger partial charge is 0.493 e. The van der Waals surface area contributed by atoms with Gasteiger partial charge in [0, 0.05) is 18.1 Å². The quantitative estimate of drug-likeness (QED) is 0.889. The molecule has 1 aromatic carbocycles. The molecule has 0 aliphatic heterocycles. The molecular formula is C14H16N2O3S. The number of carbonyl (C=O) groups excluding carboxylic acids is 1. The SMILES string of the molecule is CCOc1ccccc1-c1csc(NC(=O)COC)n1. The number of ether oxygens (including phenoxy) is 2. The number of hydrogen-bond donors (Lipinski definition) is 1. The van der Waals surface area contributed by atoms with Gasteiger partial charge in [-0.3, -0.25) is 10.1 Å². The summed E-state index contributed by atoms with van der Waals surface area (Å²) in [6.07, 6.45) is 0. The third-order valence-corrected chi connectivity index (χ3v) is 3.25. The zero-order valence-electron chi connectivity index (χ0n) is 11.4. The first-order valence-corrected chi connectivity index (χ1v) is 7.09. The van der Waals surface area contributed by atoms with Crippen LogP contribution in [0.15, 0.2) is 29.6 Å². The van der Waals surface area contributed by atoms with Crippen LogP contribution >= 0.6 is 11.3 Å².